The van der Waals surface area contributed by atoms with E-state index in [4.69, 9.17) is 0 Å². The summed E-state index contributed by atoms with van der Waals surface area (Å²) in [7, 11) is 0. The van der Waals surface area contributed by atoms with E-state index in [9.17, 15) is 31.1 Å². The molecule has 1 aliphatic rings. The molecule has 2 rings (SSSR count). The smallest absolute Gasteiger partial charge is 0.406 e. The number of nitrogens with zero attached hydrogens (tertiary/aromatic N) is 1. The van der Waals surface area contributed by atoms with Crippen LogP contribution >= 0.6 is 12.4 Å². The van der Waals surface area contributed by atoms with Gasteiger partial charge in [-0.05, 0) is 17.7 Å². The Morgan fingerprint density at radius 1 is 1.11 bits per heavy atom. The Bertz CT molecular complexity index is 618. The third-order valence-electron chi connectivity index (χ3n) is 3.98. The van der Waals surface area contributed by atoms with Gasteiger partial charge in [-0.25, -0.2) is 0 Å². The maximum Gasteiger partial charge on any atom is 0.573 e. The number of alkyl halides is 6. The number of benzene rings is 1. The summed E-state index contributed by atoms with van der Waals surface area (Å²) < 4.78 is 79.7. The van der Waals surface area contributed by atoms with Crippen LogP contribution < -0.4 is 15.4 Å². The average molecular weight is 436 g/mol. The lowest BCUT2D eigenvalue weighted by Crippen LogP contribution is -2.57. The van der Waals surface area contributed by atoms with Crippen LogP contribution in [0.5, 0.6) is 5.75 Å². The summed E-state index contributed by atoms with van der Waals surface area (Å²) in [6.45, 7) is 0.735. The molecule has 1 fully saturated rings. The van der Waals surface area contributed by atoms with Gasteiger partial charge in [-0.3, -0.25) is 9.69 Å². The SMILES string of the molecule is Cl.O=C(Cc1ccc(OC(F)(F)F)cc1)NCC(N1CCNCC1)C(F)(F)F. The maximum atomic E-state index is 13.2. The first kappa shape index (κ1) is 24.3. The summed E-state index contributed by atoms with van der Waals surface area (Å²) in [6.07, 6.45) is -9.56. The van der Waals surface area contributed by atoms with Crippen LogP contribution in [0.1, 0.15) is 5.56 Å². The number of halogens is 7. The third kappa shape index (κ3) is 8.11. The summed E-state index contributed by atoms with van der Waals surface area (Å²) in [6, 6.07) is 2.78. The molecule has 1 amide bonds. The highest BCUT2D eigenvalue weighted by Crippen LogP contribution is 2.25. The molecule has 1 aromatic carbocycles. The second kappa shape index (κ2) is 10.2. The molecular formula is C16H20ClF6N3O2. The molecule has 1 aromatic rings. The predicted octanol–water partition coefficient (Wildman–Crippen LogP) is 2.50. The summed E-state index contributed by atoms with van der Waals surface area (Å²) >= 11 is 0. The molecule has 12 heteroatoms. The molecule has 1 unspecified atom stereocenters. The van der Waals surface area contributed by atoms with Gasteiger partial charge in [0.2, 0.25) is 5.91 Å². The fourth-order valence-corrected chi connectivity index (χ4v) is 2.71. The number of carbonyl (C=O) groups is 1. The van der Waals surface area contributed by atoms with Crippen molar-refractivity contribution in [3.8, 4) is 5.75 Å². The van der Waals surface area contributed by atoms with Crippen molar-refractivity contribution in [2.24, 2.45) is 0 Å². The number of piperazine rings is 1. The second-order valence-corrected chi connectivity index (χ2v) is 6.02. The molecule has 0 bridgehead atoms. The van der Waals surface area contributed by atoms with Crippen LogP contribution in [0.3, 0.4) is 0 Å². The molecule has 2 N–H and O–H groups in total. The van der Waals surface area contributed by atoms with E-state index in [1.807, 2.05) is 0 Å². The Balaban J connectivity index is 0.00000392. The highest BCUT2D eigenvalue weighted by Gasteiger charge is 2.43. The molecule has 1 atom stereocenters. The molecule has 0 aromatic heterocycles. The Morgan fingerprint density at radius 2 is 1.68 bits per heavy atom. The number of carbonyl (C=O) groups excluding carboxylic acids is 1. The van der Waals surface area contributed by atoms with Crippen molar-refractivity contribution in [2.45, 2.75) is 25.0 Å². The number of nitrogens with one attached hydrogen (secondary N) is 2. The highest BCUT2D eigenvalue weighted by atomic mass is 35.5. The molecule has 1 saturated heterocycles. The number of ether oxygens (including phenoxy) is 1. The number of amides is 1. The standard InChI is InChI=1S/C16H19F6N3O2.ClH/c17-15(18,19)13(25-7-5-23-6-8-25)10-24-14(26)9-11-1-3-12(4-2-11)27-16(20,21)22;/h1-4,13,23H,5-10H2,(H,24,26);1H. The van der Waals surface area contributed by atoms with E-state index in [1.165, 1.54) is 17.0 Å². The summed E-state index contributed by atoms with van der Waals surface area (Å²) in [5.41, 5.74) is 0.354. The van der Waals surface area contributed by atoms with Crippen LogP contribution in [0.4, 0.5) is 26.3 Å². The van der Waals surface area contributed by atoms with Gasteiger partial charge in [0.15, 0.2) is 0 Å². The van der Waals surface area contributed by atoms with Crippen LogP contribution in [0, 0.1) is 0 Å². The van der Waals surface area contributed by atoms with Crippen molar-refractivity contribution < 1.29 is 35.9 Å². The van der Waals surface area contributed by atoms with Crippen LogP contribution in [-0.2, 0) is 11.2 Å². The van der Waals surface area contributed by atoms with Crippen molar-refractivity contribution in [2.75, 3.05) is 32.7 Å². The number of rotatable bonds is 6. The first-order valence-corrected chi connectivity index (χ1v) is 8.17. The number of hydrogen-bond acceptors (Lipinski definition) is 4. The van der Waals surface area contributed by atoms with Gasteiger partial charge in [0.05, 0.1) is 6.42 Å². The minimum Gasteiger partial charge on any atom is -0.406 e. The topological polar surface area (TPSA) is 53.6 Å². The van der Waals surface area contributed by atoms with Gasteiger partial charge in [0, 0.05) is 32.7 Å². The van der Waals surface area contributed by atoms with Crippen molar-refractivity contribution >= 4 is 18.3 Å². The quantitative estimate of drug-likeness (QED) is 0.674. The third-order valence-corrected chi connectivity index (χ3v) is 3.98. The van der Waals surface area contributed by atoms with Gasteiger partial charge < -0.3 is 15.4 Å². The van der Waals surface area contributed by atoms with E-state index in [0.29, 0.717) is 18.7 Å². The first-order chi connectivity index (χ1) is 12.5. The molecule has 28 heavy (non-hydrogen) atoms. The predicted molar refractivity (Wildman–Crippen MR) is 91.4 cm³/mol. The molecule has 1 heterocycles. The zero-order valence-corrected chi connectivity index (χ0v) is 15.4. The Kier molecular flexibility index (Phi) is 8.83. The van der Waals surface area contributed by atoms with E-state index in [2.05, 4.69) is 15.4 Å². The maximum absolute atomic E-state index is 13.2. The molecule has 0 spiro atoms. The lowest BCUT2D eigenvalue weighted by Gasteiger charge is -2.35. The Hall–Kier alpha value is -1.72. The zero-order valence-electron chi connectivity index (χ0n) is 14.6. The van der Waals surface area contributed by atoms with Gasteiger partial charge in [-0.15, -0.1) is 25.6 Å². The average Bonchev–Trinajstić information content (AvgIpc) is 2.55. The molecular weight excluding hydrogens is 416 g/mol. The number of hydrogen-bond donors (Lipinski definition) is 2. The van der Waals surface area contributed by atoms with Crippen LogP contribution in [0.15, 0.2) is 24.3 Å². The first-order valence-electron chi connectivity index (χ1n) is 8.17. The lowest BCUT2D eigenvalue weighted by atomic mass is 10.1. The summed E-state index contributed by atoms with van der Waals surface area (Å²) in [5.74, 6) is -1.09. The van der Waals surface area contributed by atoms with Gasteiger partial charge in [0.25, 0.3) is 0 Å². The fraction of sp³-hybridized carbons (Fsp3) is 0.562. The lowest BCUT2D eigenvalue weighted by molar-refractivity contribution is -0.274. The van der Waals surface area contributed by atoms with Gasteiger partial charge >= 0.3 is 12.5 Å². The minimum absolute atomic E-state index is 0. The van der Waals surface area contributed by atoms with Crippen molar-refractivity contribution in [3.63, 3.8) is 0 Å². The van der Waals surface area contributed by atoms with E-state index < -0.39 is 36.8 Å². The molecule has 0 aliphatic carbocycles. The largest absolute Gasteiger partial charge is 0.573 e. The molecule has 5 nitrogen and oxygen atoms in total. The Labute approximate surface area is 163 Å². The van der Waals surface area contributed by atoms with Crippen molar-refractivity contribution in [1.82, 2.24) is 15.5 Å². The molecule has 160 valence electrons. The molecule has 1 aliphatic heterocycles. The van der Waals surface area contributed by atoms with Crippen LogP contribution in [-0.4, -0.2) is 62.1 Å². The molecule has 0 saturated carbocycles. The van der Waals surface area contributed by atoms with Gasteiger partial charge in [-0.1, -0.05) is 12.1 Å². The Morgan fingerprint density at radius 3 is 2.18 bits per heavy atom. The summed E-state index contributed by atoms with van der Waals surface area (Å²) in [5, 5.41) is 5.22. The fourth-order valence-electron chi connectivity index (χ4n) is 2.71. The van der Waals surface area contributed by atoms with E-state index >= 15 is 0 Å². The highest BCUT2D eigenvalue weighted by molar-refractivity contribution is 5.85. The van der Waals surface area contributed by atoms with E-state index in [0.717, 1.165) is 12.1 Å². The normalized spacial score (nSPS) is 16.8. The zero-order chi connectivity index (χ0) is 20.1. The summed E-state index contributed by atoms with van der Waals surface area (Å²) in [4.78, 5) is 13.2. The van der Waals surface area contributed by atoms with Crippen LogP contribution in [0.2, 0.25) is 0 Å². The van der Waals surface area contributed by atoms with Gasteiger partial charge in [-0.2, -0.15) is 13.2 Å². The van der Waals surface area contributed by atoms with Gasteiger partial charge in [0.1, 0.15) is 11.8 Å². The minimum atomic E-state index is -4.82. The van der Waals surface area contributed by atoms with E-state index in [-0.39, 0.29) is 31.9 Å². The van der Waals surface area contributed by atoms with Crippen molar-refractivity contribution in [3.05, 3.63) is 29.8 Å². The van der Waals surface area contributed by atoms with E-state index in [1.54, 1.807) is 0 Å². The second-order valence-electron chi connectivity index (χ2n) is 6.02. The van der Waals surface area contributed by atoms with Crippen molar-refractivity contribution in [1.29, 1.82) is 0 Å². The molecule has 0 radical (unpaired) electrons. The monoisotopic (exact) mass is 435 g/mol. The van der Waals surface area contributed by atoms with Crippen LogP contribution in [0.25, 0.3) is 0 Å².